The van der Waals surface area contributed by atoms with Gasteiger partial charge in [-0.15, -0.1) is 0 Å². The highest BCUT2D eigenvalue weighted by Crippen LogP contribution is 2.38. The smallest absolute Gasteiger partial charge is 0.246 e. The number of rotatable bonds is 8. The Morgan fingerprint density at radius 2 is 1.90 bits per heavy atom. The minimum atomic E-state index is 0.000239. The SMILES string of the molecule is CCOc1cc2occ(-c3cccc(OC)c3)c2cc1/C(C)=C/C(=O)N(CC)CC. The maximum atomic E-state index is 12.6. The van der Waals surface area contributed by atoms with Crippen molar-refractivity contribution in [3.05, 3.63) is 54.3 Å². The number of benzene rings is 2. The van der Waals surface area contributed by atoms with Gasteiger partial charge in [-0.2, -0.15) is 0 Å². The van der Waals surface area contributed by atoms with Crippen LogP contribution in [0.3, 0.4) is 0 Å². The van der Waals surface area contributed by atoms with Crippen LogP contribution in [0.2, 0.25) is 0 Å². The zero-order valence-electron chi connectivity index (χ0n) is 18.3. The molecule has 0 N–H and O–H groups in total. The predicted molar refractivity (Wildman–Crippen MR) is 121 cm³/mol. The van der Waals surface area contributed by atoms with E-state index in [1.165, 1.54) is 0 Å². The Kier molecular flexibility index (Phi) is 6.83. The van der Waals surface area contributed by atoms with Gasteiger partial charge in [-0.1, -0.05) is 12.1 Å². The highest BCUT2D eigenvalue weighted by atomic mass is 16.5. The third kappa shape index (κ3) is 4.35. The lowest BCUT2D eigenvalue weighted by Crippen LogP contribution is -2.28. The molecule has 0 fully saturated rings. The lowest BCUT2D eigenvalue weighted by Gasteiger charge is -2.17. The molecule has 2 aromatic carbocycles. The largest absolute Gasteiger partial charge is 0.497 e. The van der Waals surface area contributed by atoms with Gasteiger partial charge in [-0.3, -0.25) is 4.79 Å². The average Bonchev–Trinajstić information content (AvgIpc) is 3.17. The van der Waals surface area contributed by atoms with Gasteiger partial charge in [0.2, 0.25) is 5.91 Å². The first-order chi connectivity index (χ1) is 14.5. The Labute approximate surface area is 177 Å². The van der Waals surface area contributed by atoms with Crippen LogP contribution in [-0.4, -0.2) is 37.6 Å². The lowest BCUT2D eigenvalue weighted by molar-refractivity contribution is -0.125. The molecule has 0 saturated heterocycles. The Hall–Kier alpha value is -3.21. The molecule has 0 bridgehead atoms. The number of ether oxygens (including phenoxy) is 2. The van der Waals surface area contributed by atoms with E-state index in [-0.39, 0.29) is 5.91 Å². The van der Waals surface area contributed by atoms with Gasteiger partial charge in [0, 0.05) is 41.7 Å². The van der Waals surface area contributed by atoms with Gasteiger partial charge < -0.3 is 18.8 Å². The monoisotopic (exact) mass is 407 g/mol. The molecule has 5 nitrogen and oxygen atoms in total. The van der Waals surface area contributed by atoms with Gasteiger partial charge in [-0.25, -0.2) is 0 Å². The van der Waals surface area contributed by atoms with Crippen molar-refractivity contribution >= 4 is 22.4 Å². The van der Waals surface area contributed by atoms with Crippen LogP contribution in [0.4, 0.5) is 0 Å². The number of hydrogen-bond donors (Lipinski definition) is 0. The highest BCUT2D eigenvalue weighted by Gasteiger charge is 2.16. The standard InChI is InChI=1S/C25H29NO4/c1-6-26(7-2)25(27)12-17(4)20-14-21-22(18-10-9-11-19(13-18)28-5)16-30-24(21)15-23(20)29-8-3/h9-16H,6-8H2,1-5H3/b17-12+. The minimum Gasteiger partial charge on any atom is -0.497 e. The molecule has 0 unspecified atom stereocenters. The molecule has 0 radical (unpaired) electrons. The minimum absolute atomic E-state index is 0.000239. The summed E-state index contributed by atoms with van der Waals surface area (Å²) in [6.07, 6.45) is 3.43. The molecule has 5 heteroatoms. The average molecular weight is 408 g/mol. The molecule has 0 atom stereocenters. The summed E-state index contributed by atoms with van der Waals surface area (Å²) >= 11 is 0. The first-order valence-corrected chi connectivity index (χ1v) is 10.3. The van der Waals surface area contributed by atoms with Crippen molar-refractivity contribution in [3.8, 4) is 22.6 Å². The summed E-state index contributed by atoms with van der Waals surface area (Å²) < 4.78 is 17.1. The summed E-state index contributed by atoms with van der Waals surface area (Å²) in [6, 6.07) is 11.8. The van der Waals surface area contributed by atoms with Gasteiger partial charge in [0.25, 0.3) is 0 Å². The number of fused-ring (bicyclic) bond motifs is 1. The van der Waals surface area contributed by atoms with Crippen LogP contribution in [0.1, 0.15) is 33.3 Å². The second-order valence-corrected chi connectivity index (χ2v) is 7.00. The second-order valence-electron chi connectivity index (χ2n) is 7.00. The van der Waals surface area contributed by atoms with Gasteiger partial charge in [0.1, 0.15) is 17.1 Å². The van der Waals surface area contributed by atoms with E-state index in [0.717, 1.165) is 39.0 Å². The molecule has 0 spiro atoms. The normalized spacial score (nSPS) is 11.6. The first-order valence-electron chi connectivity index (χ1n) is 10.3. The molecule has 1 heterocycles. The molecule has 3 aromatic rings. The van der Waals surface area contributed by atoms with Crippen LogP contribution in [0.5, 0.6) is 11.5 Å². The third-order valence-corrected chi connectivity index (χ3v) is 5.20. The van der Waals surface area contributed by atoms with Gasteiger partial charge in [0.05, 0.1) is 20.0 Å². The molecule has 1 amide bonds. The Morgan fingerprint density at radius 3 is 2.57 bits per heavy atom. The topological polar surface area (TPSA) is 51.9 Å². The van der Waals surface area contributed by atoms with E-state index in [2.05, 4.69) is 0 Å². The van der Waals surface area contributed by atoms with Crippen molar-refractivity contribution in [1.82, 2.24) is 4.90 Å². The van der Waals surface area contributed by atoms with Crippen molar-refractivity contribution in [2.75, 3.05) is 26.8 Å². The Morgan fingerprint density at radius 1 is 1.13 bits per heavy atom. The molecule has 1 aromatic heterocycles. The molecule has 0 saturated carbocycles. The molecular weight excluding hydrogens is 378 g/mol. The maximum Gasteiger partial charge on any atom is 0.246 e. The van der Waals surface area contributed by atoms with E-state index in [1.807, 2.05) is 64.1 Å². The van der Waals surface area contributed by atoms with E-state index in [1.54, 1.807) is 24.3 Å². The molecule has 0 aliphatic carbocycles. The summed E-state index contributed by atoms with van der Waals surface area (Å²) in [6.45, 7) is 9.73. The second kappa shape index (κ2) is 9.53. The number of carbonyl (C=O) groups excluding carboxylic acids is 1. The molecule has 3 rings (SSSR count). The summed E-state index contributed by atoms with van der Waals surface area (Å²) in [7, 11) is 1.65. The van der Waals surface area contributed by atoms with Gasteiger partial charge in [-0.05, 0) is 57.0 Å². The number of methoxy groups -OCH3 is 1. The first kappa shape index (κ1) is 21.5. The van der Waals surface area contributed by atoms with Gasteiger partial charge in [0.15, 0.2) is 0 Å². The number of likely N-dealkylation sites (N-methyl/N-ethyl adjacent to an activating group) is 1. The quantitative estimate of drug-likeness (QED) is 0.444. The number of carbonyl (C=O) groups is 1. The highest BCUT2D eigenvalue weighted by molar-refractivity contribution is 6.00. The lowest BCUT2D eigenvalue weighted by atomic mass is 9.99. The number of allylic oxidation sites excluding steroid dienone is 1. The van der Waals surface area contributed by atoms with Crippen molar-refractivity contribution < 1.29 is 18.7 Å². The maximum absolute atomic E-state index is 12.6. The van der Waals surface area contributed by atoms with Crippen molar-refractivity contribution in [2.45, 2.75) is 27.7 Å². The fraction of sp³-hybridized carbons (Fsp3) is 0.320. The predicted octanol–water partition coefficient (Wildman–Crippen LogP) is 5.78. The van der Waals surface area contributed by atoms with Crippen molar-refractivity contribution in [3.63, 3.8) is 0 Å². The molecule has 0 aliphatic rings. The van der Waals surface area contributed by atoms with E-state index in [9.17, 15) is 4.79 Å². The van der Waals surface area contributed by atoms with Crippen molar-refractivity contribution in [2.24, 2.45) is 0 Å². The van der Waals surface area contributed by atoms with Crippen LogP contribution in [-0.2, 0) is 4.79 Å². The number of nitrogens with zero attached hydrogens (tertiary/aromatic N) is 1. The fourth-order valence-electron chi connectivity index (χ4n) is 3.54. The Balaban J connectivity index is 2.12. The van der Waals surface area contributed by atoms with Crippen LogP contribution >= 0.6 is 0 Å². The number of amides is 1. The molecule has 158 valence electrons. The zero-order valence-corrected chi connectivity index (χ0v) is 18.3. The summed E-state index contributed by atoms with van der Waals surface area (Å²) in [4.78, 5) is 14.4. The summed E-state index contributed by atoms with van der Waals surface area (Å²) in [5.41, 5.74) is 4.45. The van der Waals surface area contributed by atoms with E-state index in [4.69, 9.17) is 13.9 Å². The van der Waals surface area contributed by atoms with Crippen LogP contribution < -0.4 is 9.47 Å². The third-order valence-electron chi connectivity index (χ3n) is 5.20. The van der Waals surface area contributed by atoms with E-state index in [0.29, 0.717) is 25.4 Å². The number of hydrogen-bond acceptors (Lipinski definition) is 4. The van der Waals surface area contributed by atoms with Gasteiger partial charge >= 0.3 is 0 Å². The van der Waals surface area contributed by atoms with E-state index >= 15 is 0 Å². The molecule has 0 aliphatic heterocycles. The Bertz CT molecular complexity index is 1060. The molecule has 30 heavy (non-hydrogen) atoms. The summed E-state index contributed by atoms with van der Waals surface area (Å²) in [5, 5.41) is 0.963. The summed E-state index contributed by atoms with van der Waals surface area (Å²) in [5.74, 6) is 1.49. The van der Waals surface area contributed by atoms with Crippen LogP contribution in [0.25, 0.3) is 27.7 Å². The van der Waals surface area contributed by atoms with Crippen LogP contribution in [0.15, 0.2) is 53.2 Å². The number of furan rings is 1. The van der Waals surface area contributed by atoms with E-state index < -0.39 is 0 Å². The zero-order chi connectivity index (χ0) is 21.7. The van der Waals surface area contributed by atoms with Crippen LogP contribution in [0, 0.1) is 0 Å². The molecular formula is C25H29NO4. The fourth-order valence-corrected chi connectivity index (χ4v) is 3.54. The van der Waals surface area contributed by atoms with Crippen molar-refractivity contribution in [1.29, 1.82) is 0 Å².